The number of carbonyl (C=O) groups excluding carboxylic acids is 1. The summed E-state index contributed by atoms with van der Waals surface area (Å²) in [5.74, 6) is 5.61. The third-order valence-corrected chi connectivity index (χ3v) is 13.9. The number of carbonyl (C=O) groups is 1. The maximum absolute atomic E-state index is 11.7. The van der Waals surface area contributed by atoms with Crippen LogP contribution in [0.2, 0.25) is 0 Å². The lowest BCUT2D eigenvalue weighted by Crippen LogP contribution is -2.56. The molecule has 34 heavy (non-hydrogen) atoms. The first-order chi connectivity index (χ1) is 15.9. The molecule has 0 aromatic carbocycles. The van der Waals surface area contributed by atoms with Crippen molar-refractivity contribution in [2.24, 2.45) is 63.1 Å². The Labute approximate surface area is 210 Å². The lowest BCUT2D eigenvalue weighted by atomic mass is 9.43. The van der Waals surface area contributed by atoms with Gasteiger partial charge in [0.15, 0.2) is 0 Å². The van der Waals surface area contributed by atoms with Crippen molar-refractivity contribution in [3.05, 3.63) is 0 Å². The molecule has 5 aliphatic rings. The molecule has 2 nitrogen and oxygen atoms in total. The summed E-state index contributed by atoms with van der Waals surface area (Å²) in [5.41, 5.74) is 2.25. The highest BCUT2D eigenvalue weighted by atomic mass is 16.5. The third-order valence-electron chi connectivity index (χ3n) is 13.9. The maximum Gasteiger partial charge on any atom is 0.302 e. The Hall–Kier alpha value is -0.530. The monoisotopic (exact) mass is 470 g/mol. The van der Waals surface area contributed by atoms with Crippen LogP contribution in [-0.4, -0.2) is 12.1 Å². The molecule has 0 aromatic heterocycles. The Morgan fingerprint density at radius 1 is 0.882 bits per heavy atom. The van der Waals surface area contributed by atoms with Gasteiger partial charge in [-0.2, -0.15) is 0 Å². The van der Waals surface area contributed by atoms with Crippen molar-refractivity contribution in [3.63, 3.8) is 0 Å². The van der Waals surface area contributed by atoms with Gasteiger partial charge >= 0.3 is 5.97 Å². The van der Waals surface area contributed by atoms with Crippen LogP contribution >= 0.6 is 0 Å². The molecule has 5 rings (SSSR count). The molecule has 5 aliphatic carbocycles. The third kappa shape index (κ3) is 3.27. The van der Waals surface area contributed by atoms with Gasteiger partial charge < -0.3 is 4.74 Å². The van der Waals surface area contributed by atoms with Gasteiger partial charge in [0.05, 0.1) is 0 Å². The number of fused-ring (bicyclic) bond motifs is 2. The number of rotatable bonds is 6. The van der Waals surface area contributed by atoms with E-state index in [1.54, 1.807) is 6.92 Å². The molecular weight excluding hydrogens is 416 g/mol. The van der Waals surface area contributed by atoms with Crippen molar-refractivity contribution >= 4 is 5.97 Å². The normalized spacial score (nSPS) is 51.0. The molecule has 0 saturated heterocycles. The standard InChI is InChI=1S/C32H54O2/c1-20(2)21(3)9-10-22(4)25-13-15-30(8)28-12-11-26-23(5)27(34-24(6)33)14-16-31(26)19-32(28,31)18-17-29(25,30)7/h20-23,25-28H,9-19H2,1-8H3/t21-,22+,23-,25+,26+,27-,28-,29+,30-,31+,32-/m0/s1. The van der Waals surface area contributed by atoms with Crippen LogP contribution in [-0.2, 0) is 9.53 Å². The van der Waals surface area contributed by atoms with Crippen LogP contribution < -0.4 is 0 Å². The van der Waals surface area contributed by atoms with Gasteiger partial charge in [0.1, 0.15) is 6.10 Å². The van der Waals surface area contributed by atoms with E-state index in [0.29, 0.717) is 27.6 Å². The summed E-state index contributed by atoms with van der Waals surface area (Å²) in [4.78, 5) is 11.7. The van der Waals surface area contributed by atoms with Crippen LogP contribution in [0.1, 0.15) is 126 Å². The minimum absolute atomic E-state index is 0.0816. The molecule has 0 amide bonds. The summed E-state index contributed by atoms with van der Waals surface area (Å²) in [6.07, 6.45) is 15.6. The molecule has 0 radical (unpaired) electrons. The van der Waals surface area contributed by atoms with Crippen LogP contribution in [0.25, 0.3) is 0 Å². The Morgan fingerprint density at radius 2 is 1.62 bits per heavy atom. The first-order valence-corrected chi connectivity index (χ1v) is 15.1. The summed E-state index contributed by atoms with van der Waals surface area (Å²) in [6.45, 7) is 19.3. The minimum Gasteiger partial charge on any atom is -0.462 e. The second-order valence-electron chi connectivity index (χ2n) is 15.0. The smallest absolute Gasteiger partial charge is 0.302 e. The van der Waals surface area contributed by atoms with Crippen molar-refractivity contribution < 1.29 is 9.53 Å². The van der Waals surface area contributed by atoms with Crippen molar-refractivity contribution in [1.82, 2.24) is 0 Å². The van der Waals surface area contributed by atoms with E-state index in [4.69, 9.17) is 4.74 Å². The number of esters is 1. The Morgan fingerprint density at radius 3 is 2.29 bits per heavy atom. The zero-order chi connectivity index (χ0) is 24.7. The largest absolute Gasteiger partial charge is 0.462 e. The van der Waals surface area contributed by atoms with Gasteiger partial charge in [-0.05, 0) is 121 Å². The maximum atomic E-state index is 11.7. The molecule has 5 saturated carbocycles. The predicted molar refractivity (Wildman–Crippen MR) is 140 cm³/mol. The first-order valence-electron chi connectivity index (χ1n) is 15.1. The molecule has 2 heteroatoms. The lowest BCUT2D eigenvalue weighted by Gasteiger charge is -2.62. The van der Waals surface area contributed by atoms with Gasteiger partial charge in [0.25, 0.3) is 0 Å². The van der Waals surface area contributed by atoms with Gasteiger partial charge in [-0.25, -0.2) is 0 Å². The van der Waals surface area contributed by atoms with E-state index in [2.05, 4.69) is 48.5 Å². The predicted octanol–water partition coefficient (Wildman–Crippen LogP) is 8.68. The average molecular weight is 471 g/mol. The van der Waals surface area contributed by atoms with Crippen molar-refractivity contribution in [2.45, 2.75) is 132 Å². The van der Waals surface area contributed by atoms with Gasteiger partial charge in [-0.15, -0.1) is 0 Å². The van der Waals surface area contributed by atoms with E-state index < -0.39 is 0 Å². The number of hydrogen-bond donors (Lipinski definition) is 0. The molecule has 5 fully saturated rings. The zero-order valence-electron chi connectivity index (χ0n) is 23.7. The second-order valence-corrected chi connectivity index (χ2v) is 15.0. The van der Waals surface area contributed by atoms with Crippen molar-refractivity contribution in [1.29, 1.82) is 0 Å². The Balaban J connectivity index is 1.34. The zero-order valence-corrected chi connectivity index (χ0v) is 23.7. The summed E-state index contributed by atoms with van der Waals surface area (Å²) < 4.78 is 5.81. The highest BCUT2D eigenvalue weighted by molar-refractivity contribution is 5.66. The second kappa shape index (κ2) is 8.24. The molecule has 0 unspecified atom stereocenters. The summed E-state index contributed by atoms with van der Waals surface area (Å²) >= 11 is 0. The lowest BCUT2D eigenvalue weighted by molar-refractivity contribution is -0.165. The summed E-state index contributed by atoms with van der Waals surface area (Å²) in [5, 5.41) is 0. The molecule has 0 aromatic rings. The fraction of sp³-hybridized carbons (Fsp3) is 0.969. The molecule has 0 N–H and O–H groups in total. The van der Waals surface area contributed by atoms with Crippen LogP contribution in [0.5, 0.6) is 0 Å². The highest BCUT2D eigenvalue weighted by Crippen LogP contribution is 2.88. The van der Waals surface area contributed by atoms with Crippen molar-refractivity contribution in [3.8, 4) is 0 Å². The minimum atomic E-state index is -0.0816. The fourth-order valence-corrected chi connectivity index (χ4v) is 11.4. The topological polar surface area (TPSA) is 26.3 Å². The average Bonchev–Trinajstić information content (AvgIpc) is 3.36. The van der Waals surface area contributed by atoms with E-state index in [1.807, 2.05) is 0 Å². The van der Waals surface area contributed by atoms with E-state index in [-0.39, 0.29) is 12.1 Å². The van der Waals surface area contributed by atoms with E-state index in [0.717, 1.165) is 41.9 Å². The Kier molecular flexibility index (Phi) is 6.09. The molecule has 2 spiro atoms. The Bertz CT molecular complexity index is 803. The van der Waals surface area contributed by atoms with Crippen LogP contribution in [0.15, 0.2) is 0 Å². The molecule has 194 valence electrons. The SMILES string of the molecule is CC(=O)O[C@H]1CC[C@]23C[C@]24CC[C@]2(C)[C@@H]([C@H](C)CC[C@H](C)C(C)C)CC[C@@]2(C)[C@@H]4CC[C@@H]3[C@@H]1C. The highest BCUT2D eigenvalue weighted by Gasteiger charge is 2.81. The molecule has 11 atom stereocenters. The quantitative estimate of drug-likeness (QED) is 0.363. The fourth-order valence-electron chi connectivity index (χ4n) is 11.4. The molecule has 0 aliphatic heterocycles. The van der Waals surface area contributed by atoms with Gasteiger partial charge in [-0.3, -0.25) is 4.79 Å². The van der Waals surface area contributed by atoms with Crippen molar-refractivity contribution in [2.75, 3.05) is 0 Å². The molecule has 0 heterocycles. The van der Waals surface area contributed by atoms with E-state index in [1.165, 1.54) is 64.2 Å². The van der Waals surface area contributed by atoms with E-state index in [9.17, 15) is 4.79 Å². The van der Waals surface area contributed by atoms with Crippen LogP contribution in [0, 0.1) is 63.1 Å². The first kappa shape index (κ1) is 25.1. The van der Waals surface area contributed by atoms with Gasteiger partial charge in [0.2, 0.25) is 0 Å². The number of ether oxygens (including phenoxy) is 1. The van der Waals surface area contributed by atoms with Gasteiger partial charge in [0, 0.05) is 6.92 Å². The van der Waals surface area contributed by atoms with Crippen LogP contribution in [0.4, 0.5) is 0 Å². The molecule has 0 bridgehead atoms. The van der Waals surface area contributed by atoms with Gasteiger partial charge in [-0.1, -0.05) is 61.3 Å². The van der Waals surface area contributed by atoms with Crippen LogP contribution in [0.3, 0.4) is 0 Å². The van der Waals surface area contributed by atoms with E-state index >= 15 is 0 Å². The summed E-state index contributed by atoms with van der Waals surface area (Å²) in [7, 11) is 0. The molecular formula is C32H54O2. The number of hydrogen-bond acceptors (Lipinski definition) is 2. The summed E-state index contributed by atoms with van der Waals surface area (Å²) in [6, 6.07) is 0.